The van der Waals surface area contributed by atoms with E-state index < -0.39 is 11.6 Å². The molecular formula is C11H12F2S. The van der Waals surface area contributed by atoms with Gasteiger partial charge in [-0.1, -0.05) is 12.5 Å². The third-order valence-electron chi connectivity index (χ3n) is 3.12. The number of benzene rings is 1. The van der Waals surface area contributed by atoms with E-state index >= 15 is 0 Å². The maximum Gasteiger partial charge on any atom is 0.129 e. The molecule has 0 N–H and O–H groups in total. The van der Waals surface area contributed by atoms with E-state index in [1.54, 1.807) is 6.07 Å². The summed E-state index contributed by atoms with van der Waals surface area (Å²) < 4.78 is 26.2. The lowest BCUT2D eigenvalue weighted by Crippen LogP contribution is -2.37. The summed E-state index contributed by atoms with van der Waals surface area (Å²) in [6, 6.07) is 3.83. The molecule has 76 valence electrons. The van der Waals surface area contributed by atoms with Crippen LogP contribution in [-0.2, 0) is 5.41 Å². The second-order valence-electron chi connectivity index (χ2n) is 3.92. The molecule has 2 rings (SSSR count). The Balaban J connectivity index is 2.40. The lowest BCUT2D eigenvalue weighted by molar-refractivity contribution is 0.269. The fourth-order valence-corrected chi connectivity index (χ4v) is 2.52. The highest BCUT2D eigenvalue weighted by atomic mass is 32.1. The lowest BCUT2D eigenvalue weighted by atomic mass is 9.65. The molecule has 1 aliphatic rings. The van der Waals surface area contributed by atoms with Crippen molar-refractivity contribution in [1.82, 2.24) is 0 Å². The standard InChI is InChI=1S/C11H12F2S/c12-8-2-3-9(10(13)6-8)11(7-14)4-1-5-11/h2-3,6,14H,1,4-5,7H2. The van der Waals surface area contributed by atoms with Crippen LogP contribution in [0.2, 0.25) is 0 Å². The van der Waals surface area contributed by atoms with Gasteiger partial charge >= 0.3 is 0 Å². The summed E-state index contributed by atoms with van der Waals surface area (Å²) in [5.41, 5.74) is 0.487. The van der Waals surface area contributed by atoms with Gasteiger partial charge in [0.2, 0.25) is 0 Å². The van der Waals surface area contributed by atoms with Crippen molar-refractivity contribution in [2.45, 2.75) is 24.7 Å². The summed E-state index contributed by atoms with van der Waals surface area (Å²) in [4.78, 5) is 0. The van der Waals surface area contributed by atoms with Gasteiger partial charge in [0, 0.05) is 17.2 Å². The summed E-state index contributed by atoms with van der Waals surface area (Å²) in [5.74, 6) is -0.311. The van der Waals surface area contributed by atoms with Gasteiger partial charge in [0.25, 0.3) is 0 Å². The molecule has 0 aromatic heterocycles. The van der Waals surface area contributed by atoms with Gasteiger partial charge in [-0.15, -0.1) is 0 Å². The lowest BCUT2D eigenvalue weighted by Gasteiger charge is -2.41. The average molecular weight is 214 g/mol. The van der Waals surface area contributed by atoms with Crippen molar-refractivity contribution in [2.75, 3.05) is 5.75 Å². The van der Waals surface area contributed by atoms with Crippen LogP contribution >= 0.6 is 12.6 Å². The SMILES string of the molecule is Fc1ccc(C2(CS)CCC2)c(F)c1. The Labute approximate surface area is 87.7 Å². The third-order valence-corrected chi connectivity index (χ3v) is 3.72. The Morgan fingerprint density at radius 1 is 1.29 bits per heavy atom. The molecule has 0 atom stereocenters. The molecule has 0 nitrogen and oxygen atoms in total. The summed E-state index contributed by atoms with van der Waals surface area (Å²) >= 11 is 4.26. The highest BCUT2D eigenvalue weighted by molar-refractivity contribution is 7.80. The second-order valence-corrected chi connectivity index (χ2v) is 4.23. The molecule has 0 amide bonds. The normalized spacial score (nSPS) is 19.1. The first kappa shape index (κ1) is 9.97. The Hall–Kier alpha value is -0.570. The number of halogens is 2. The molecule has 1 fully saturated rings. The van der Waals surface area contributed by atoms with Crippen molar-refractivity contribution >= 4 is 12.6 Å². The maximum atomic E-state index is 13.5. The monoisotopic (exact) mass is 214 g/mol. The Morgan fingerprint density at radius 3 is 2.43 bits per heavy atom. The number of thiol groups is 1. The molecule has 14 heavy (non-hydrogen) atoms. The molecule has 0 unspecified atom stereocenters. The maximum absolute atomic E-state index is 13.5. The fourth-order valence-electron chi connectivity index (χ4n) is 2.04. The van der Waals surface area contributed by atoms with Crippen LogP contribution in [-0.4, -0.2) is 5.75 Å². The van der Waals surface area contributed by atoms with Gasteiger partial charge in [-0.3, -0.25) is 0 Å². The largest absolute Gasteiger partial charge is 0.207 e. The third kappa shape index (κ3) is 1.44. The van der Waals surface area contributed by atoms with Crippen LogP contribution in [0.5, 0.6) is 0 Å². The van der Waals surface area contributed by atoms with Crippen LogP contribution in [0.15, 0.2) is 18.2 Å². The van der Waals surface area contributed by atoms with E-state index in [4.69, 9.17) is 0 Å². The molecular weight excluding hydrogens is 202 g/mol. The number of hydrogen-bond donors (Lipinski definition) is 1. The molecule has 0 spiro atoms. The van der Waals surface area contributed by atoms with Gasteiger partial charge in [-0.05, 0) is 24.5 Å². The molecule has 0 aliphatic heterocycles. The smallest absolute Gasteiger partial charge is 0.129 e. The zero-order valence-electron chi connectivity index (χ0n) is 7.76. The first-order chi connectivity index (χ1) is 6.68. The summed E-state index contributed by atoms with van der Waals surface area (Å²) in [6.45, 7) is 0. The minimum absolute atomic E-state index is 0.138. The predicted molar refractivity (Wildman–Crippen MR) is 55.7 cm³/mol. The van der Waals surface area contributed by atoms with E-state index in [0.717, 1.165) is 25.3 Å². The van der Waals surface area contributed by atoms with Crippen LogP contribution in [0.25, 0.3) is 0 Å². The van der Waals surface area contributed by atoms with Gasteiger partial charge in [0.15, 0.2) is 0 Å². The molecule has 1 aromatic rings. The van der Waals surface area contributed by atoms with Gasteiger partial charge in [0.05, 0.1) is 0 Å². The van der Waals surface area contributed by atoms with Crippen molar-refractivity contribution in [3.05, 3.63) is 35.4 Å². The quantitative estimate of drug-likeness (QED) is 0.717. The number of rotatable bonds is 2. The van der Waals surface area contributed by atoms with Crippen molar-refractivity contribution in [3.8, 4) is 0 Å². The summed E-state index contributed by atoms with van der Waals surface area (Å²) in [5, 5.41) is 0. The first-order valence-electron chi connectivity index (χ1n) is 4.74. The van der Waals surface area contributed by atoms with Gasteiger partial charge in [-0.2, -0.15) is 12.6 Å². The minimum Gasteiger partial charge on any atom is -0.207 e. The predicted octanol–water partition coefficient (Wildman–Crippen LogP) is 3.32. The molecule has 3 heteroatoms. The Kier molecular flexibility index (Phi) is 2.52. The van der Waals surface area contributed by atoms with E-state index in [1.165, 1.54) is 6.07 Å². The van der Waals surface area contributed by atoms with Crippen LogP contribution < -0.4 is 0 Å². The van der Waals surface area contributed by atoms with Crippen LogP contribution in [0.3, 0.4) is 0 Å². The highest BCUT2D eigenvalue weighted by Crippen LogP contribution is 2.45. The molecule has 1 aromatic carbocycles. The van der Waals surface area contributed by atoms with E-state index in [1.807, 2.05) is 0 Å². The topological polar surface area (TPSA) is 0 Å². The molecule has 1 saturated carbocycles. The minimum atomic E-state index is -0.514. The van der Waals surface area contributed by atoms with Crippen molar-refractivity contribution in [3.63, 3.8) is 0 Å². The van der Waals surface area contributed by atoms with Gasteiger partial charge < -0.3 is 0 Å². The molecule has 1 aliphatic carbocycles. The van der Waals surface area contributed by atoms with Crippen molar-refractivity contribution in [1.29, 1.82) is 0 Å². The fraction of sp³-hybridized carbons (Fsp3) is 0.455. The molecule has 0 radical (unpaired) electrons. The zero-order valence-corrected chi connectivity index (χ0v) is 8.66. The Morgan fingerprint density at radius 2 is 2.00 bits per heavy atom. The first-order valence-corrected chi connectivity index (χ1v) is 5.38. The highest BCUT2D eigenvalue weighted by Gasteiger charge is 2.39. The van der Waals surface area contributed by atoms with Gasteiger partial charge in [0.1, 0.15) is 11.6 Å². The van der Waals surface area contributed by atoms with Crippen LogP contribution in [0.1, 0.15) is 24.8 Å². The molecule has 0 bridgehead atoms. The van der Waals surface area contributed by atoms with E-state index in [2.05, 4.69) is 12.6 Å². The van der Waals surface area contributed by atoms with E-state index in [9.17, 15) is 8.78 Å². The van der Waals surface area contributed by atoms with Crippen molar-refractivity contribution < 1.29 is 8.78 Å². The Bertz CT molecular complexity index is 340. The van der Waals surface area contributed by atoms with Crippen LogP contribution in [0.4, 0.5) is 8.78 Å². The van der Waals surface area contributed by atoms with Crippen LogP contribution in [0, 0.1) is 11.6 Å². The summed E-state index contributed by atoms with van der Waals surface area (Å²) in [7, 11) is 0. The number of hydrogen-bond acceptors (Lipinski definition) is 1. The second kappa shape index (κ2) is 3.54. The summed E-state index contributed by atoms with van der Waals surface area (Å²) in [6.07, 6.45) is 3.02. The molecule has 0 heterocycles. The zero-order chi connectivity index (χ0) is 10.2. The van der Waals surface area contributed by atoms with Gasteiger partial charge in [-0.25, -0.2) is 8.78 Å². The average Bonchev–Trinajstić information content (AvgIpc) is 2.07. The molecule has 0 saturated heterocycles. The van der Waals surface area contributed by atoms with Crippen molar-refractivity contribution in [2.24, 2.45) is 0 Å². The van der Waals surface area contributed by atoms with E-state index in [0.29, 0.717) is 11.3 Å². The van der Waals surface area contributed by atoms with E-state index in [-0.39, 0.29) is 5.41 Å².